The first-order valence-corrected chi connectivity index (χ1v) is 3.00. The van der Waals surface area contributed by atoms with Crippen molar-refractivity contribution in [1.82, 2.24) is 4.98 Å². The molecule has 4 heteroatoms. The Morgan fingerprint density at radius 1 is 1.64 bits per heavy atom. The molecule has 0 unspecified atom stereocenters. The molecule has 0 aliphatic heterocycles. The molecule has 0 aliphatic rings. The van der Waals surface area contributed by atoms with E-state index in [4.69, 9.17) is 10.2 Å². The minimum atomic E-state index is -1.09. The Balaban J connectivity index is 3.15. The number of carbonyl (C=O) groups is 1. The monoisotopic (exact) mass is 153 g/mol. The van der Waals surface area contributed by atoms with Crippen LogP contribution in [0.15, 0.2) is 12.3 Å². The highest BCUT2D eigenvalue weighted by molar-refractivity contribution is 5.85. The summed E-state index contributed by atoms with van der Waals surface area (Å²) in [5.41, 5.74) is 0.456. The van der Waals surface area contributed by atoms with E-state index < -0.39 is 5.97 Å². The van der Waals surface area contributed by atoms with Crippen molar-refractivity contribution in [2.24, 2.45) is 0 Å². The minimum Gasteiger partial charge on any atom is -0.506 e. The van der Waals surface area contributed by atoms with Gasteiger partial charge in [0.2, 0.25) is 0 Å². The molecule has 0 spiro atoms. The van der Waals surface area contributed by atoms with Crippen LogP contribution in [0.3, 0.4) is 0 Å². The maximum absolute atomic E-state index is 10.3. The number of hydrogen-bond donors (Lipinski definition) is 2. The van der Waals surface area contributed by atoms with Crippen molar-refractivity contribution in [2.45, 2.75) is 6.92 Å². The van der Waals surface area contributed by atoms with Gasteiger partial charge in [-0.05, 0) is 18.6 Å². The molecule has 1 heterocycles. The van der Waals surface area contributed by atoms with Crippen molar-refractivity contribution in [3.05, 3.63) is 23.5 Å². The Morgan fingerprint density at radius 2 is 2.27 bits per heavy atom. The topological polar surface area (TPSA) is 70.4 Å². The molecule has 0 saturated carbocycles. The van der Waals surface area contributed by atoms with Gasteiger partial charge in [0, 0.05) is 0 Å². The number of aromatic carboxylic acids is 1. The second-order valence-electron chi connectivity index (χ2n) is 2.16. The normalized spacial score (nSPS) is 9.55. The molecule has 0 radical (unpaired) electrons. The van der Waals surface area contributed by atoms with Crippen LogP contribution in [0, 0.1) is 6.92 Å². The third kappa shape index (κ3) is 1.46. The average molecular weight is 153 g/mol. The van der Waals surface area contributed by atoms with Gasteiger partial charge in [-0.15, -0.1) is 0 Å². The second kappa shape index (κ2) is 2.57. The van der Waals surface area contributed by atoms with E-state index in [9.17, 15) is 4.79 Å². The Kier molecular flexibility index (Phi) is 1.76. The molecule has 1 aromatic heterocycles. The fraction of sp³-hybridized carbons (Fsp3) is 0.143. The lowest BCUT2D eigenvalue weighted by molar-refractivity contribution is 0.0690. The first kappa shape index (κ1) is 7.53. The van der Waals surface area contributed by atoms with Crippen molar-refractivity contribution in [3.8, 4) is 5.75 Å². The number of rotatable bonds is 1. The number of hydrogen-bond acceptors (Lipinski definition) is 3. The van der Waals surface area contributed by atoms with Gasteiger partial charge in [-0.2, -0.15) is 0 Å². The predicted octanol–water partition coefficient (Wildman–Crippen LogP) is 0.794. The van der Waals surface area contributed by atoms with Crippen LogP contribution >= 0.6 is 0 Å². The second-order valence-corrected chi connectivity index (χ2v) is 2.16. The number of pyridine rings is 1. The van der Waals surface area contributed by atoms with Gasteiger partial charge in [-0.25, -0.2) is 9.78 Å². The Bertz CT molecular complexity index is 296. The number of nitrogens with zero attached hydrogens (tertiary/aromatic N) is 1. The van der Waals surface area contributed by atoms with E-state index in [1.165, 1.54) is 6.07 Å². The average Bonchev–Trinajstić information content (AvgIpc) is 1.94. The van der Waals surface area contributed by atoms with Gasteiger partial charge < -0.3 is 10.2 Å². The minimum absolute atomic E-state index is 0.00926. The number of aromatic hydroxyl groups is 1. The molecule has 11 heavy (non-hydrogen) atoms. The fourth-order valence-corrected chi connectivity index (χ4v) is 0.666. The summed E-state index contributed by atoms with van der Waals surface area (Å²) in [4.78, 5) is 13.8. The van der Waals surface area contributed by atoms with Gasteiger partial charge >= 0.3 is 5.97 Å². The standard InChI is InChI=1S/C7H7NO3/c1-4-2-5(7(10)11)8-3-6(4)9/h2-3,9H,1H3,(H,10,11). The Labute approximate surface area is 63.1 Å². The molecule has 4 nitrogen and oxygen atoms in total. The molecule has 0 saturated heterocycles. The van der Waals surface area contributed by atoms with Crippen LogP contribution in [0.25, 0.3) is 0 Å². The summed E-state index contributed by atoms with van der Waals surface area (Å²) in [6, 6.07) is 1.32. The molecule has 0 aliphatic carbocycles. The summed E-state index contributed by atoms with van der Waals surface area (Å²) in [6.07, 6.45) is 1.12. The van der Waals surface area contributed by atoms with Crippen LogP contribution in [0.4, 0.5) is 0 Å². The van der Waals surface area contributed by atoms with Crippen molar-refractivity contribution >= 4 is 5.97 Å². The molecular formula is C7H7NO3. The van der Waals surface area contributed by atoms with Gasteiger partial charge in [0.25, 0.3) is 0 Å². The molecule has 0 fully saturated rings. The van der Waals surface area contributed by atoms with Crippen LogP contribution in [0.2, 0.25) is 0 Å². The van der Waals surface area contributed by atoms with Crippen LogP contribution in [-0.2, 0) is 0 Å². The largest absolute Gasteiger partial charge is 0.506 e. The van der Waals surface area contributed by atoms with E-state index in [-0.39, 0.29) is 11.4 Å². The smallest absolute Gasteiger partial charge is 0.354 e. The number of aryl methyl sites for hydroxylation is 1. The SMILES string of the molecule is Cc1cc(C(=O)O)ncc1O. The van der Waals surface area contributed by atoms with Crippen molar-refractivity contribution in [3.63, 3.8) is 0 Å². The van der Waals surface area contributed by atoms with Crippen molar-refractivity contribution in [2.75, 3.05) is 0 Å². The van der Waals surface area contributed by atoms with E-state index in [2.05, 4.69) is 4.98 Å². The fourth-order valence-electron chi connectivity index (χ4n) is 0.666. The van der Waals surface area contributed by atoms with Gasteiger partial charge in [-0.3, -0.25) is 0 Å². The third-order valence-electron chi connectivity index (χ3n) is 1.30. The lowest BCUT2D eigenvalue weighted by Crippen LogP contribution is -1.99. The van der Waals surface area contributed by atoms with Crippen molar-refractivity contribution in [1.29, 1.82) is 0 Å². The highest BCUT2D eigenvalue weighted by Gasteiger charge is 2.05. The molecule has 2 N–H and O–H groups in total. The number of carboxylic acids is 1. The molecule has 0 aromatic carbocycles. The Morgan fingerprint density at radius 3 is 2.73 bits per heavy atom. The van der Waals surface area contributed by atoms with E-state index >= 15 is 0 Å². The first-order valence-electron chi connectivity index (χ1n) is 3.00. The van der Waals surface area contributed by atoms with Crippen LogP contribution in [0.5, 0.6) is 5.75 Å². The first-order chi connectivity index (χ1) is 5.11. The lowest BCUT2D eigenvalue weighted by Gasteiger charge is -1.97. The zero-order chi connectivity index (χ0) is 8.43. The van der Waals surface area contributed by atoms with Crippen LogP contribution in [0.1, 0.15) is 16.1 Å². The lowest BCUT2D eigenvalue weighted by atomic mass is 10.2. The summed E-state index contributed by atoms with van der Waals surface area (Å²) in [5, 5.41) is 17.4. The summed E-state index contributed by atoms with van der Waals surface area (Å²) in [6.45, 7) is 1.61. The summed E-state index contributed by atoms with van der Waals surface area (Å²) < 4.78 is 0. The molecule has 0 amide bonds. The van der Waals surface area contributed by atoms with Crippen LogP contribution in [-0.4, -0.2) is 21.2 Å². The molecule has 1 rings (SSSR count). The van der Waals surface area contributed by atoms with Gasteiger partial charge in [-0.1, -0.05) is 0 Å². The highest BCUT2D eigenvalue weighted by Crippen LogP contribution is 2.13. The molecular weight excluding hydrogens is 146 g/mol. The highest BCUT2D eigenvalue weighted by atomic mass is 16.4. The molecule has 1 aromatic rings. The van der Waals surface area contributed by atoms with E-state index in [1.54, 1.807) is 6.92 Å². The summed E-state index contributed by atoms with van der Waals surface area (Å²) >= 11 is 0. The van der Waals surface area contributed by atoms with E-state index in [1.807, 2.05) is 0 Å². The number of aromatic nitrogens is 1. The molecule has 0 atom stereocenters. The summed E-state index contributed by atoms with van der Waals surface area (Å²) in [5.74, 6) is -1.08. The van der Waals surface area contributed by atoms with E-state index in [0.717, 1.165) is 6.20 Å². The van der Waals surface area contributed by atoms with E-state index in [0.29, 0.717) is 5.56 Å². The molecule has 58 valence electrons. The Hall–Kier alpha value is -1.58. The maximum atomic E-state index is 10.3. The summed E-state index contributed by atoms with van der Waals surface area (Å²) in [7, 11) is 0. The van der Waals surface area contributed by atoms with Gasteiger partial charge in [0.1, 0.15) is 11.4 Å². The molecule has 0 bridgehead atoms. The maximum Gasteiger partial charge on any atom is 0.354 e. The number of carboxylic acid groups (broad SMARTS) is 1. The third-order valence-corrected chi connectivity index (χ3v) is 1.30. The zero-order valence-corrected chi connectivity index (χ0v) is 5.90. The van der Waals surface area contributed by atoms with Gasteiger partial charge in [0.15, 0.2) is 0 Å². The predicted molar refractivity (Wildman–Crippen MR) is 37.6 cm³/mol. The zero-order valence-electron chi connectivity index (χ0n) is 5.90. The van der Waals surface area contributed by atoms with Crippen LogP contribution < -0.4 is 0 Å². The quantitative estimate of drug-likeness (QED) is 0.625. The van der Waals surface area contributed by atoms with Crippen molar-refractivity contribution < 1.29 is 15.0 Å². The van der Waals surface area contributed by atoms with Gasteiger partial charge in [0.05, 0.1) is 6.20 Å².